The summed E-state index contributed by atoms with van der Waals surface area (Å²) in [6, 6.07) is 19.7. The first kappa shape index (κ1) is 21.9. The molecular weight excluding hydrogens is 426 g/mol. The first-order chi connectivity index (χ1) is 15.2. The molecule has 2 amide bonds. The summed E-state index contributed by atoms with van der Waals surface area (Å²) in [4.78, 5) is 25.6. The summed E-state index contributed by atoms with van der Waals surface area (Å²) in [5.41, 5.74) is 4.19. The minimum Gasteiger partial charge on any atom is -0.305 e. The summed E-state index contributed by atoms with van der Waals surface area (Å²) in [6.45, 7) is 0.923. The molecule has 164 valence electrons. The highest BCUT2D eigenvalue weighted by Gasteiger charge is 2.28. The summed E-state index contributed by atoms with van der Waals surface area (Å²) in [6.07, 6.45) is 0. The average Bonchev–Trinajstić information content (AvgIpc) is 3.06. The van der Waals surface area contributed by atoms with E-state index in [9.17, 15) is 18.0 Å². The zero-order valence-corrected chi connectivity index (χ0v) is 18.6. The molecule has 32 heavy (non-hydrogen) atoms. The molecule has 3 aromatic rings. The molecule has 0 aliphatic carbocycles. The Labute approximate surface area is 187 Å². The van der Waals surface area contributed by atoms with Crippen LogP contribution in [0.2, 0.25) is 0 Å². The predicted molar refractivity (Wildman–Crippen MR) is 122 cm³/mol. The Bertz CT molecular complexity index is 1300. The Morgan fingerprint density at radius 1 is 0.844 bits per heavy atom. The van der Waals surface area contributed by atoms with Crippen molar-refractivity contribution in [1.82, 2.24) is 14.9 Å². The van der Waals surface area contributed by atoms with Gasteiger partial charge in [0.1, 0.15) is 0 Å². The van der Waals surface area contributed by atoms with Crippen LogP contribution >= 0.6 is 0 Å². The number of hydrogen-bond donors (Lipinski definition) is 2. The van der Waals surface area contributed by atoms with E-state index in [1.807, 2.05) is 50.5 Å². The Morgan fingerprint density at radius 2 is 1.53 bits per heavy atom. The summed E-state index contributed by atoms with van der Waals surface area (Å²) in [5, 5.41) is 2.16. The molecule has 1 aliphatic heterocycles. The number of benzene rings is 3. The van der Waals surface area contributed by atoms with Crippen LogP contribution in [0.15, 0.2) is 71.6 Å². The maximum absolute atomic E-state index is 12.9. The van der Waals surface area contributed by atoms with Crippen molar-refractivity contribution in [2.24, 2.45) is 0 Å². The molecule has 0 radical (unpaired) electrons. The van der Waals surface area contributed by atoms with Gasteiger partial charge in [0.15, 0.2) is 0 Å². The first-order valence-corrected chi connectivity index (χ1v) is 11.5. The number of nitrogens with one attached hydrogen (secondary N) is 2. The molecule has 0 bridgehead atoms. The molecule has 8 heteroatoms. The third-order valence-electron chi connectivity index (χ3n) is 5.25. The molecule has 0 atom stereocenters. The lowest BCUT2D eigenvalue weighted by molar-refractivity contribution is 0.0879. The highest BCUT2D eigenvalue weighted by atomic mass is 32.2. The minimum atomic E-state index is -3.89. The van der Waals surface area contributed by atoms with Crippen LogP contribution in [0, 0.1) is 0 Å². The van der Waals surface area contributed by atoms with Gasteiger partial charge in [-0.3, -0.25) is 14.9 Å². The van der Waals surface area contributed by atoms with Gasteiger partial charge in [0.05, 0.1) is 16.0 Å². The fourth-order valence-electron chi connectivity index (χ4n) is 3.68. The predicted octanol–water partition coefficient (Wildman–Crippen LogP) is 2.78. The quantitative estimate of drug-likeness (QED) is 0.541. The molecule has 7 nitrogen and oxygen atoms in total. The second kappa shape index (κ2) is 8.66. The molecule has 2 N–H and O–H groups in total. The Morgan fingerprint density at radius 3 is 2.25 bits per heavy atom. The van der Waals surface area contributed by atoms with Gasteiger partial charge < -0.3 is 4.90 Å². The van der Waals surface area contributed by atoms with Crippen molar-refractivity contribution >= 4 is 21.8 Å². The average molecular weight is 450 g/mol. The van der Waals surface area contributed by atoms with Gasteiger partial charge in [-0.25, -0.2) is 13.1 Å². The van der Waals surface area contributed by atoms with Gasteiger partial charge in [0.25, 0.3) is 11.8 Å². The van der Waals surface area contributed by atoms with E-state index < -0.39 is 21.8 Å². The lowest BCUT2D eigenvalue weighted by Crippen LogP contribution is -2.24. The third kappa shape index (κ3) is 4.47. The summed E-state index contributed by atoms with van der Waals surface area (Å²) >= 11 is 0. The number of nitrogens with zero attached hydrogens (tertiary/aromatic N) is 1. The molecule has 0 spiro atoms. The maximum atomic E-state index is 12.9. The molecule has 1 aliphatic rings. The Kier molecular flexibility index (Phi) is 5.92. The molecule has 0 aromatic heterocycles. The van der Waals surface area contributed by atoms with E-state index in [2.05, 4.69) is 27.1 Å². The zero-order valence-electron chi connectivity index (χ0n) is 17.8. The Hall–Kier alpha value is -3.33. The maximum Gasteiger partial charge on any atom is 0.258 e. The number of carbonyl (C=O) groups is 2. The van der Waals surface area contributed by atoms with Gasteiger partial charge in [-0.05, 0) is 54.5 Å². The number of rotatable bonds is 7. The fourth-order valence-corrected chi connectivity index (χ4v) is 4.71. The monoisotopic (exact) mass is 449 g/mol. The van der Waals surface area contributed by atoms with E-state index in [1.54, 1.807) is 0 Å². The zero-order chi connectivity index (χ0) is 22.9. The van der Waals surface area contributed by atoms with Crippen LogP contribution in [0.1, 0.15) is 31.8 Å². The number of fused-ring (bicyclic) bond motifs is 1. The SMILES string of the molecule is CN(C)Cc1ccc(-c2ccccc2CNS(=O)(=O)c2ccc3c(c2)C(=O)NC3=O)cc1. The summed E-state index contributed by atoms with van der Waals surface area (Å²) in [7, 11) is 0.142. The molecule has 3 aromatic carbocycles. The van der Waals surface area contributed by atoms with E-state index in [4.69, 9.17) is 0 Å². The summed E-state index contributed by atoms with van der Waals surface area (Å²) in [5.74, 6) is -1.11. The van der Waals surface area contributed by atoms with Crippen LogP contribution in [0.3, 0.4) is 0 Å². The van der Waals surface area contributed by atoms with Crippen LogP contribution < -0.4 is 10.0 Å². The van der Waals surface area contributed by atoms with Crippen LogP contribution in [0.5, 0.6) is 0 Å². The standard InChI is InChI=1S/C24H23N3O4S/c1-27(2)15-16-7-9-17(10-8-16)20-6-4-3-5-18(20)14-25-32(30,31)19-11-12-21-22(13-19)24(29)26-23(21)28/h3-13,25H,14-15H2,1-2H3,(H,26,28,29). The number of hydrogen-bond acceptors (Lipinski definition) is 5. The summed E-state index contributed by atoms with van der Waals surface area (Å²) < 4.78 is 28.3. The minimum absolute atomic E-state index is 0.0633. The largest absolute Gasteiger partial charge is 0.305 e. The van der Waals surface area contributed by atoms with Gasteiger partial charge in [0, 0.05) is 13.1 Å². The molecule has 4 rings (SSSR count). The van der Waals surface area contributed by atoms with Crippen molar-refractivity contribution in [3.05, 3.63) is 89.0 Å². The van der Waals surface area contributed by atoms with Gasteiger partial charge in [0.2, 0.25) is 10.0 Å². The normalized spacial score (nSPS) is 13.3. The second-order valence-corrected chi connectivity index (χ2v) is 9.67. The fraction of sp³-hybridized carbons (Fsp3) is 0.167. The first-order valence-electron chi connectivity index (χ1n) is 10.1. The lowest BCUT2D eigenvalue weighted by Gasteiger charge is -2.13. The molecule has 0 fully saturated rings. The number of imide groups is 1. The molecule has 0 saturated carbocycles. The van der Waals surface area contributed by atoms with Gasteiger partial charge in [-0.2, -0.15) is 0 Å². The smallest absolute Gasteiger partial charge is 0.258 e. The Balaban J connectivity index is 1.55. The highest BCUT2D eigenvalue weighted by molar-refractivity contribution is 7.89. The topological polar surface area (TPSA) is 95.6 Å². The van der Waals surface area contributed by atoms with Crippen molar-refractivity contribution in [2.45, 2.75) is 18.0 Å². The van der Waals surface area contributed by atoms with E-state index in [0.29, 0.717) is 0 Å². The number of amides is 2. The molecule has 0 unspecified atom stereocenters. The van der Waals surface area contributed by atoms with Crippen LogP contribution in [0.4, 0.5) is 0 Å². The van der Waals surface area contributed by atoms with Gasteiger partial charge >= 0.3 is 0 Å². The van der Waals surface area contributed by atoms with Gasteiger partial charge in [-0.1, -0.05) is 48.5 Å². The van der Waals surface area contributed by atoms with Crippen LogP contribution in [-0.4, -0.2) is 39.2 Å². The molecular formula is C24H23N3O4S. The second-order valence-electron chi connectivity index (χ2n) is 7.91. The molecule has 0 saturated heterocycles. The van der Waals surface area contributed by atoms with E-state index in [1.165, 1.54) is 23.8 Å². The van der Waals surface area contributed by atoms with Crippen molar-refractivity contribution in [3.63, 3.8) is 0 Å². The van der Waals surface area contributed by atoms with E-state index in [0.717, 1.165) is 23.2 Å². The van der Waals surface area contributed by atoms with Crippen molar-refractivity contribution in [3.8, 4) is 11.1 Å². The van der Waals surface area contributed by atoms with Crippen molar-refractivity contribution in [2.75, 3.05) is 14.1 Å². The van der Waals surface area contributed by atoms with E-state index in [-0.39, 0.29) is 22.6 Å². The van der Waals surface area contributed by atoms with E-state index >= 15 is 0 Å². The van der Waals surface area contributed by atoms with Crippen molar-refractivity contribution in [1.29, 1.82) is 0 Å². The van der Waals surface area contributed by atoms with Crippen molar-refractivity contribution < 1.29 is 18.0 Å². The van der Waals surface area contributed by atoms with Gasteiger partial charge in [-0.15, -0.1) is 0 Å². The molecule has 1 heterocycles. The highest BCUT2D eigenvalue weighted by Crippen LogP contribution is 2.25. The number of carbonyl (C=O) groups excluding carboxylic acids is 2. The lowest BCUT2D eigenvalue weighted by atomic mass is 9.99. The number of sulfonamides is 1. The van der Waals surface area contributed by atoms with Crippen LogP contribution in [-0.2, 0) is 23.1 Å². The van der Waals surface area contributed by atoms with Crippen LogP contribution in [0.25, 0.3) is 11.1 Å². The third-order valence-corrected chi connectivity index (χ3v) is 6.65.